The fraction of sp³-hybridized carbons (Fsp3) is 0.389. The number of hydrogen-bond donors (Lipinski definition) is 0. The summed E-state index contributed by atoms with van der Waals surface area (Å²) in [5, 5.41) is 0. The van der Waals surface area contributed by atoms with E-state index >= 15 is 0 Å². The maximum atomic E-state index is 12.9. The van der Waals surface area contributed by atoms with Gasteiger partial charge in [-0.05, 0) is 50.5 Å². The molecule has 0 bridgehead atoms. The molecule has 3 rings (SSSR count). The molecule has 1 aliphatic rings. The highest BCUT2D eigenvalue weighted by atomic mass is 32.2. The molecule has 2 heterocycles. The van der Waals surface area contributed by atoms with E-state index in [0.717, 1.165) is 16.9 Å². The summed E-state index contributed by atoms with van der Waals surface area (Å²) in [6, 6.07) is 9.16. The van der Waals surface area contributed by atoms with Crippen molar-refractivity contribution < 1.29 is 13.2 Å². The van der Waals surface area contributed by atoms with Gasteiger partial charge in [0.2, 0.25) is 10.0 Å². The molecule has 1 aliphatic heterocycles. The third kappa shape index (κ3) is 3.60. The molecule has 5 nitrogen and oxygen atoms in total. The molecule has 1 aromatic carbocycles. The molecule has 0 aliphatic carbocycles. The molecule has 24 heavy (non-hydrogen) atoms. The van der Waals surface area contributed by atoms with Crippen LogP contribution in [0.4, 0.5) is 0 Å². The second-order valence-corrected chi connectivity index (χ2v) is 8.09. The first-order valence-corrected chi connectivity index (χ1v) is 9.55. The standard InChI is InChI=1S/C18H22N2O3S/c1-14-5-6-18(15(2)12-14)24(21,22)20-10-7-16(8-11-20)23-17-4-3-9-19-13-17/h3-6,9,12-13,16H,7-8,10-11H2,1-2H3. The quantitative estimate of drug-likeness (QED) is 0.854. The van der Waals surface area contributed by atoms with Gasteiger partial charge in [0.05, 0.1) is 11.1 Å². The minimum Gasteiger partial charge on any atom is -0.489 e. The number of piperidine rings is 1. The summed E-state index contributed by atoms with van der Waals surface area (Å²) in [6.07, 6.45) is 4.77. The van der Waals surface area contributed by atoms with Gasteiger partial charge in [0, 0.05) is 19.3 Å². The Kier molecular flexibility index (Phi) is 4.87. The van der Waals surface area contributed by atoms with Gasteiger partial charge in [-0.1, -0.05) is 17.7 Å². The van der Waals surface area contributed by atoms with E-state index in [1.165, 1.54) is 0 Å². The Morgan fingerprint density at radius 1 is 1.17 bits per heavy atom. The average molecular weight is 346 g/mol. The summed E-state index contributed by atoms with van der Waals surface area (Å²) >= 11 is 0. The fourth-order valence-electron chi connectivity index (χ4n) is 3.03. The van der Waals surface area contributed by atoms with Crippen molar-refractivity contribution in [1.29, 1.82) is 0 Å². The smallest absolute Gasteiger partial charge is 0.243 e. The van der Waals surface area contributed by atoms with Gasteiger partial charge in [-0.15, -0.1) is 0 Å². The van der Waals surface area contributed by atoms with Crippen molar-refractivity contribution in [3.05, 3.63) is 53.9 Å². The van der Waals surface area contributed by atoms with Crippen LogP contribution in [0.3, 0.4) is 0 Å². The lowest BCUT2D eigenvalue weighted by Crippen LogP contribution is -2.41. The zero-order valence-corrected chi connectivity index (χ0v) is 14.8. The number of nitrogens with zero attached hydrogens (tertiary/aromatic N) is 2. The van der Waals surface area contributed by atoms with E-state index in [2.05, 4.69) is 4.98 Å². The lowest BCUT2D eigenvalue weighted by atomic mass is 10.1. The highest BCUT2D eigenvalue weighted by Gasteiger charge is 2.31. The fourth-order valence-corrected chi connectivity index (χ4v) is 4.70. The largest absolute Gasteiger partial charge is 0.489 e. The first-order valence-electron chi connectivity index (χ1n) is 8.11. The molecule has 0 unspecified atom stereocenters. The zero-order chi connectivity index (χ0) is 17.2. The zero-order valence-electron chi connectivity index (χ0n) is 14.0. The van der Waals surface area contributed by atoms with Gasteiger partial charge < -0.3 is 4.74 Å². The Morgan fingerprint density at radius 2 is 1.92 bits per heavy atom. The maximum absolute atomic E-state index is 12.9. The SMILES string of the molecule is Cc1ccc(S(=O)(=O)N2CCC(Oc3cccnc3)CC2)c(C)c1. The summed E-state index contributed by atoms with van der Waals surface area (Å²) in [5.41, 5.74) is 1.86. The van der Waals surface area contributed by atoms with Gasteiger partial charge in [0.15, 0.2) is 0 Å². The molecule has 2 aromatic rings. The predicted octanol–water partition coefficient (Wildman–Crippen LogP) is 2.93. The number of benzene rings is 1. The number of hydrogen-bond acceptors (Lipinski definition) is 4. The van der Waals surface area contributed by atoms with E-state index in [9.17, 15) is 8.42 Å². The summed E-state index contributed by atoms with van der Waals surface area (Å²) in [4.78, 5) is 4.43. The van der Waals surface area contributed by atoms with E-state index in [4.69, 9.17) is 4.74 Å². The minimum absolute atomic E-state index is 0.0276. The van der Waals surface area contributed by atoms with Gasteiger partial charge in [0.1, 0.15) is 11.9 Å². The molecule has 0 atom stereocenters. The van der Waals surface area contributed by atoms with Crippen LogP contribution < -0.4 is 4.74 Å². The summed E-state index contributed by atoms with van der Waals surface area (Å²) in [6.45, 7) is 4.75. The Morgan fingerprint density at radius 3 is 2.54 bits per heavy atom. The lowest BCUT2D eigenvalue weighted by Gasteiger charge is -2.31. The number of ether oxygens (including phenoxy) is 1. The molecule has 0 saturated carbocycles. The maximum Gasteiger partial charge on any atom is 0.243 e. The van der Waals surface area contributed by atoms with Crippen LogP contribution in [-0.4, -0.2) is 36.9 Å². The molecule has 0 spiro atoms. The normalized spacial score (nSPS) is 16.9. The second-order valence-electron chi connectivity index (χ2n) is 6.18. The molecule has 128 valence electrons. The molecule has 1 saturated heterocycles. The van der Waals surface area contributed by atoms with Crippen LogP contribution in [0.25, 0.3) is 0 Å². The van der Waals surface area contributed by atoms with Crippen molar-refractivity contribution in [2.24, 2.45) is 0 Å². The number of pyridine rings is 1. The number of aryl methyl sites for hydroxylation is 2. The Balaban J connectivity index is 1.67. The van der Waals surface area contributed by atoms with Crippen molar-refractivity contribution in [1.82, 2.24) is 9.29 Å². The molecule has 0 N–H and O–H groups in total. The van der Waals surface area contributed by atoms with Crippen LogP contribution in [0.15, 0.2) is 47.6 Å². The average Bonchev–Trinajstić information content (AvgIpc) is 2.56. The summed E-state index contributed by atoms with van der Waals surface area (Å²) < 4.78 is 33.2. The van der Waals surface area contributed by atoms with Crippen LogP contribution in [0.5, 0.6) is 5.75 Å². The van der Waals surface area contributed by atoms with Gasteiger partial charge >= 0.3 is 0 Å². The van der Waals surface area contributed by atoms with E-state index < -0.39 is 10.0 Å². The van der Waals surface area contributed by atoms with Crippen LogP contribution in [0.2, 0.25) is 0 Å². The topological polar surface area (TPSA) is 59.5 Å². The van der Waals surface area contributed by atoms with Gasteiger partial charge in [-0.25, -0.2) is 8.42 Å². The van der Waals surface area contributed by atoms with Gasteiger partial charge in [-0.2, -0.15) is 4.31 Å². The van der Waals surface area contributed by atoms with Crippen molar-refractivity contribution in [3.63, 3.8) is 0 Å². The van der Waals surface area contributed by atoms with E-state index in [1.807, 2.05) is 38.1 Å². The number of sulfonamides is 1. The predicted molar refractivity (Wildman–Crippen MR) is 92.6 cm³/mol. The molecular formula is C18H22N2O3S. The van der Waals surface area contributed by atoms with Crippen LogP contribution in [0.1, 0.15) is 24.0 Å². The molecule has 6 heteroatoms. The molecule has 1 fully saturated rings. The third-order valence-electron chi connectivity index (χ3n) is 4.29. The monoisotopic (exact) mass is 346 g/mol. The highest BCUT2D eigenvalue weighted by Crippen LogP contribution is 2.25. The van der Waals surface area contributed by atoms with Crippen molar-refractivity contribution in [3.8, 4) is 5.75 Å². The number of rotatable bonds is 4. The van der Waals surface area contributed by atoms with E-state index in [0.29, 0.717) is 30.8 Å². The first kappa shape index (κ1) is 16.9. The lowest BCUT2D eigenvalue weighted by molar-refractivity contribution is 0.134. The summed E-state index contributed by atoms with van der Waals surface area (Å²) in [7, 11) is -3.44. The van der Waals surface area contributed by atoms with Crippen LogP contribution in [0, 0.1) is 13.8 Å². The van der Waals surface area contributed by atoms with E-state index in [-0.39, 0.29) is 6.10 Å². The van der Waals surface area contributed by atoms with Gasteiger partial charge in [0.25, 0.3) is 0 Å². The Labute approximate surface area is 143 Å². The minimum atomic E-state index is -3.44. The van der Waals surface area contributed by atoms with Gasteiger partial charge in [-0.3, -0.25) is 4.98 Å². The van der Waals surface area contributed by atoms with Crippen LogP contribution >= 0.6 is 0 Å². The molecule has 0 amide bonds. The van der Waals surface area contributed by atoms with Crippen molar-refractivity contribution in [2.75, 3.05) is 13.1 Å². The number of aromatic nitrogens is 1. The van der Waals surface area contributed by atoms with Crippen molar-refractivity contribution >= 4 is 10.0 Å². The highest BCUT2D eigenvalue weighted by molar-refractivity contribution is 7.89. The third-order valence-corrected chi connectivity index (χ3v) is 6.35. The van der Waals surface area contributed by atoms with Crippen molar-refractivity contribution in [2.45, 2.75) is 37.7 Å². The molecule has 0 radical (unpaired) electrons. The Bertz CT molecular complexity index is 798. The first-order chi connectivity index (χ1) is 11.5. The Hall–Kier alpha value is -1.92. The second kappa shape index (κ2) is 6.91. The summed E-state index contributed by atoms with van der Waals surface area (Å²) in [5.74, 6) is 0.730. The van der Waals surface area contributed by atoms with E-state index in [1.54, 1.807) is 22.8 Å². The molecule has 1 aromatic heterocycles. The molecular weight excluding hydrogens is 324 g/mol. The van der Waals surface area contributed by atoms with Crippen LogP contribution in [-0.2, 0) is 10.0 Å².